The van der Waals surface area contributed by atoms with Crippen LogP contribution < -0.4 is 0 Å². The first-order valence-corrected chi connectivity index (χ1v) is 22.1. The molecular weight excluding hydrogens is 791 g/mol. The second-order valence-electron chi connectivity index (χ2n) is 17.1. The van der Waals surface area contributed by atoms with Gasteiger partial charge in [0, 0.05) is 27.5 Å². The number of furan rings is 1. The van der Waals surface area contributed by atoms with Crippen LogP contribution in [0.1, 0.15) is 0 Å². The summed E-state index contributed by atoms with van der Waals surface area (Å²) >= 11 is 0. The predicted octanol–water partition coefficient (Wildman–Crippen LogP) is 16.5. The van der Waals surface area contributed by atoms with Crippen molar-refractivity contribution in [1.29, 1.82) is 0 Å². The zero-order chi connectivity index (χ0) is 42.6. The summed E-state index contributed by atoms with van der Waals surface area (Å²) in [4.78, 5) is 15.3. The van der Waals surface area contributed by atoms with Gasteiger partial charge in [0.25, 0.3) is 0 Å². The molecule has 0 fully saturated rings. The summed E-state index contributed by atoms with van der Waals surface area (Å²) in [6, 6.07) is 76.1. The molecule has 0 saturated carbocycles. The van der Waals surface area contributed by atoms with E-state index >= 15 is 0 Å². The minimum absolute atomic E-state index is 0.602. The van der Waals surface area contributed by atoms with Crippen molar-refractivity contribution in [3.8, 4) is 56.4 Å². The Kier molecular flexibility index (Phi) is 7.65. The van der Waals surface area contributed by atoms with Crippen LogP contribution in [0.25, 0.3) is 143 Å². The van der Waals surface area contributed by atoms with Crippen LogP contribution in [0, 0.1) is 0 Å². The molecule has 0 bridgehead atoms. The van der Waals surface area contributed by atoms with E-state index in [9.17, 15) is 0 Å². The summed E-state index contributed by atoms with van der Waals surface area (Å²) in [5.74, 6) is 1.83. The summed E-state index contributed by atoms with van der Waals surface area (Å²) < 4.78 is 6.26. The summed E-state index contributed by atoms with van der Waals surface area (Å²) in [7, 11) is 0. The van der Waals surface area contributed by atoms with E-state index in [-0.39, 0.29) is 0 Å². The van der Waals surface area contributed by atoms with Crippen LogP contribution >= 0.6 is 0 Å². The SMILES string of the molecule is c1ccc(-c2nc(-c3ccc(-c4cccc(-c5cc6ccc7cccc8c9cccc%10ccc%11cccc(c(c5)c6c78)c%11c%109)c4)cc3)nc(-c3cccc4oc5ccccc5c34)n2)cc1. The number of para-hydroxylation sites is 1. The van der Waals surface area contributed by atoms with Crippen molar-refractivity contribution in [3.05, 3.63) is 212 Å². The van der Waals surface area contributed by atoms with Crippen molar-refractivity contribution in [3.63, 3.8) is 0 Å². The van der Waals surface area contributed by atoms with Crippen LogP contribution in [-0.4, -0.2) is 15.0 Å². The fraction of sp³-hybridized carbons (Fsp3) is 0. The first-order valence-electron chi connectivity index (χ1n) is 22.1. The molecule has 14 aromatic rings. The maximum atomic E-state index is 6.26. The highest BCUT2D eigenvalue weighted by Gasteiger charge is 2.19. The molecule has 12 aromatic carbocycles. The van der Waals surface area contributed by atoms with E-state index in [0.29, 0.717) is 17.5 Å². The van der Waals surface area contributed by atoms with Crippen molar-refractivity contribution < 1.29 is 4.42 Å². The third-order valence-corrected chi connectivity index (χ3v) is 13.4. The normalized spacial score (nSPS) is 12.0. The van der Waals surface area contributed by atoms with Gasteiger partial charge in [0.05, 0.1) is 0 Å². The maximum Gasteiger partial charge on any atom is 0.164 e. The molecule has 0 amide bonds. The van der Waals surface area contributed by atoms with Crippen LogP contribution in [0.2, 0.25) is 0 Å². The zero-order valence-corrected chi connectivity index (χ0v) is 35.0. The highest BCUT2D eigenvalue weighted by atomic mass is 16.3. The predicted molar refractivity (Wildman–Crippen MR) is 271 cm³/mol. The van der Waals surface area contributed by atoms with Gasteiger partial charge in [-0.15, -0.1) is 0 Å². The van der Waals surface area contributed by atoms with E-state index in [0.717, 1.165) is 49.8 Å². The molecule has 4 nitrogen and oxygen atoms in total. The smallest absolute Gasteiger partial charge is 0.164 e. The first kappa shape index (κ1) is 35.8. The molecule has 0 unspecified atom stereocenters. The molecule has 300 valence electrons. The lowest BCUT2D eigenvalue weighted by molar-refractivity contribution is 0.669. The maximum absolute atomic E-state index is 6.26. The van der Waals surface area contributed by atoms with Crippen molar-refractivity contribution in [2.75, 3.05) is 0 Å². The van der Waals surface area contributed by atoms with Crippen LogP contribution in [0.15, 0.2) is 217 Å². The lowest BCUT2D eigenvalue weighted by Gasteiger charge is -2.17. The minimum atomic E-state index is 0.602. The van der Waals surface area contributed by atoms with E-state index < -0.39 is 0 Å². The van der Waals surface area contributed by atoms with Gasteiger partial charge in [-0.3, -0.25) is 0 Å². The van der Waals surface area contributed by atoms with Crippen molar-refractivity contribution >= 4 is 86.6 Å². The van der Waals surface area contributed by atoms with Crippen molar-refractivity contribution in [1.82, 2.24) is 15.0 Å². The Balaban J connectivity index is 0.908. The quantitative estimate of drug-likeness (QED) is 0.162. The third-order valence-electron chi connectivity index (χ3n) is 13.4. The van der Waals surface area contributed by atoms with Crippen molar-refractivity contribution in [2.45, 2.75) is 0 Å². The lowest BCUT2D eigenvalue weighted by Crippen LogP contribution is -2.00. The molecular formula is C61H35N3O. The van der Waals surface area contributed by atoms with Crippen LogP contribution in [0.4, 0.5) is 0 Å². The Bertz CT molecular complexity index is 4220. The Morgan fingerprint density at radius 1 is 0.246 bits per heavy atom. The molecule has 0 spiro atoms. The zero-order valence-electron chi connectivity index (χ0n) is 35.0. The standard InChI is InChI=1S/C61H35N3O/c1-2-11-40(12-3-1)59-62-60(64-61(63-59)50-22-10-24-53-58(50)49-18-4-5-23-52(49)65-53)41-30-25-36(26-31-41)42-16-6-17-43(33-42)45-34-44-32-29-39-14-8-20-47-46-19-7-13-37-27-28-38-15-9-21-48(56(38)54(37)46)51(35-45)57(44)55(39)47/h1-35H. The number of aromatic nitrogens is 3. The van der Waals surface area contributed by atoms with Gasteiger partial charge in [-0.25, -0.2) is 15.0 Å². The Morgan fingerprint density at radius 3 is 1.42 bits per heavy atom. The van der Waals surface area contributed by atoms with E-state index in [1.807, 2.05) is 60.7 Å². The molecule has 2 heterocycles. The van der Waals surface area contributed by atoms with Crippen molar-refractivity contribution in [2.24, 2.45) is 0 Å². The van der Waals surface area contributed by atoms with E-state index in [2.05, 4.69) is 152 Å². The molecule has 0 atom stereocenters. The van der Waals surface area contributed by atoms with Crippen LogP contribution in [0.3, 0.4) is 0 Å². The topological polar surface area (TPSA) is 51.8 Å². The Hall–Kier alpha value is -8.73. The van der Waals surface area contributed by atoms with Gasteiger partial charge in [-0.05, 0) is 117 Å². The largest absolute Gasteiger partial charge is 0.456 e. The lowest BCUT2D eigenvalue weighted by atomic mass is 9.86. The molecule has 0 radical (unpaired) electrons. The highest BCUT2D eigenvalue weighted by Crippen LogP contribution is 2.45. The first-order chi connectivity index (χ1) is 32.2. The summed E-state index contributed by atoms with van der Waals surface area (Å²) in [6.07, 6.45) is 0. The fourth-order valence-electron chi connectivity index (χ4n) is 10.4. The molecule has 0 saturated heterocycles. The number of hydrogen-bond donors (Lipinski definition) is 0. The van der Waals surface area contributed by atoms with Gasteiger partial charge in [-0.2, -0.15) is 0 Å². The summed E-state index contributed by atoms with van der Waals surface area (Å²) in [6.45, 7) is 0. The molecule has 65 heavy (non-hydrogen) atoms. The molecule has 4 heteroatoms. The Labute approximate surface area is 373 Å². The number of nitrogens with zero attached hydrogens (tertiary/aromatic N) is 3. The van der Waals surface area contributed by atoms with Crippen LogP contribution in [-0.2, 0) is 0 Å². The third kappa shape index (κ3) is 5.54. The molecule has 14 rings (SSSR count). The Morgan fingerprint density at radius 2 is 0.723 bits per heavy atom. The van der Waals surface area contributed by atoms with E-state index in [4.69, 9.17) is 19.4 Å². The number of hydrogen-bond acceptors (Lipinski definition) is 4. The summed E-state index contributed by atoms with van der Waals surface area (Å²) in [5, 5.41) is 17.4. The van der Waals surface area contributed by atoms with Gasteiger partial charge >= 0.3 is 0 Å². The molecule has 0 aliphatic rings. The number of benzene rings is 11. The average Bonchev–Trinajstić information content (AvgIpc) is 3.76. The molecule has 0 aliphatic carbocycles. The monoisotopic (exact) mass is 825 g/mol. The molecule has 0 aliphatic heterocycles. The highest BCUT2D eigenvalue weighted by molar-refractivity contribution is 6.37. The van der Waals surface area contributed by atoms with Gasteiger partial charge in [0.1, 0.15) is 11.2 Å². The van der Waals surface area contributed by atoms with Gasteiger partial charge in [0.15, 0.2) is 17.5 Å². The average molecular weight is 826 g/mol. The second-order valence-corrected chi connectivity index (χ2v) is 17.1. The minimum Gasteiger partial charge on any atom is -0.456 e. The van der Waals surface area contributed by atoms with E-state index in [1.165, 1.54) is 75.8 Å². The van der Waals surface area contributed by atoms with Gasteiger partial charge < -0.3 is 4.42 Å². The van der Waals surface area contributed by atoms with E-state index in [1.54, 1.807) is 0 Å². The van der Waals surface area contributed by atoms with Gasteiger partial charge in [0.2, 0.25) is 0 Å². The molecule has 2 aromatic heterocycles. The second kappa shape index (κ2) is 13.9. The van der Waals surface area contributed by atoms with Crippen LogP contribution in [0.5, 0.6) is 0 Å². The van der Waals surface area contributed by atoms with Gasteiger partial charge in [-0.1, -0.05) is 182 Å². The summed E-state index contributed by atoms with van der Waals surface area (Å²) in [5.41, 5.74) is 8.99. The number of fused-ring (bicyclic) bond motifs is 5. The molecule has 0 N–H and O–H groups in total. The number of rotatable bonds is 5. The fourth-order valence-corrected chi connectivity index (χ4v) is 10.4.